The van der Waals surface area contributed by atoms with E-state index < -0.39 is 46.7 Å². The molecule has 212 valence electrons. The van der Waals surface area contributed by atoms with Gasteiger partial charge in [-0.3, -0.25) is 18.7 Å². The lowest BCUT2D eigenvalue weighted by Gasteiger charge is -2.33. The Morgan fingerprint density at radius 2 is 1.77 bits per heavy atom. The molecular weight excluding hydrogens is 527 g/mol. The fourth-order valence-corrected chi connectivity index (χ4v) is 5.12. The summed E-state index contributed by atoms with van der Waals surface area (Å²) in [5.74, 6) is -3.07. The lowest BCUT2D eigenvalue weighted by atomic mass is 10.1. The summed E-state index contributed by atoms with van der Waals surface area (Å²) in [4.78, 5) is 53.3. The summed E-state index contributed by atoms with van der Waals surface area (Å²) < 4.78 is 45.0. The number of piperidine rings is 1. The highest BCUT2D eigenvalue weighted by molar-refractivity contribution is 5.95. The van der Waals surface area contributed by atoms with Gasteiger partial charge >= 0.3 is 11.7 Å². The Morgan fingerprint density at radius 1 is 1.02 bits per heavy atom. The Hall–Kier alpha value is -4.09. The number of halogens is 3. The molecule has 3 aromatic rings. The van der Waals surface area contributed by atoms with Gasteiger partial charge in [0.1, 0.15) is 17.5 Å². The van der Waals surface area contributed by atoms with Crippen molar-refractivity contribution < 1.29 is 22.8 Å². The largest absolute Gasteiger partial charge is 0.347 e. The van der Waals surface area contributed by atoms with Crippen LogP contribution in [0.5, 0.6) is 0 Å². The molecule has 0 spiro atoms. The van der Waals surface area contributed by atoms with Crippen molar-refractivity contribution in [2.24, 2.45) is 5.92 Å². The summed E-state index contributed by atoms with van der Waals surface area (Å²) in [6, 6.07) is 3.53. The van der Waals surface area contributed by atoms with E-state index in [-0.39, 0.29) is 40.7 Å². The number of carbonyl (C=O) groups excluding carboxylic acids is 2. The third-order valence-electron chi connectivity index (χ3n) is 7.37. The van der Waals surface area contributed by atoms with E-state index in [1.165, 1.54) is 20.1 Å². The molecular formula is C28H30F3N5O4. The van der Waals surface area contributed by atoms with Crippen molar-refractivity contribution in [2.45, 2.75) is 58.2 Å². The second-order valence-electron chi connectivity index (χ2n) is 10.8. The Kier molecular flexibility index (Phi) is 7.43. The third kappa shape index (κ3) is 5.47. The van der Waals surface area contributed by atoms with Gasteiger partial charge < -0.3 is 15.5 Å². The fourth-order valence-electron chi connectivity index (χ4n) is 5.12. The summed E-state index contributed by atoms with van der Waals surface area (Å²) in [5, 5.41) is 5.30. The maximum atomic E-state index is 15.2. The van der Waals surface area contributed by atoms with Crippen molar-refractivity contribution in [3.63, 3.8) is 0 Å². The number of carbonyl (C=O) groups is 2. The van der Waals surface area contributed by atoms with Gasteiger partial charge in [0.2, 0.25) is 0 Å². The summed E-state index contributed by atoms with van der Waals surface area (Å²) in [6.07, 6.45) is 2.92. The third-order valence-corrected chi connectivity index (χ3v) is 7.37. The molecule has 40 heavy (non-hydrogen) atoms. The number of rotatable bonds is 6. The van der Waals surface area contributed by atoms with Gasteiger partial charge in [-0.25, -0.2) is 22.8 Å². The van der Waals surface area contributed by atoms with Crippen LogP contribution < -0.4 is 21.9 Å². The van der Waals surface area contributed by atoms with Crippen molar-refractivity contribution in [1.29, 1.82) is 0 Å². The number of hydrogen-bond donors (Lipinski definition) is 2. The lowest BCUT2D eigenvalue weighted by Crippen LogP contribution is -2.50. The van der Waals surface area contributed by atoms with Crippen LogP contribution in [0.15, 0.2) is 39.9 Å². The van der Waals surface area contributed by atoms with E-state index in [1.807, 2.05) is 0 Å². The molecule has 1 aromatic heterocycles. The number of fused-ring (bicyclic) bond motifs is 1. The van der Waals surface area contributed by atoms with Crippen LogP contribution in [0.2, 0.25) is 0 Å². The summed E-state index contributed by atoms with van der Waals surface area (Å²) in [5.41, 5.74) is -1.39. The van der Waals surface area contributed by atoms with E-state index in [2.05, 4.69) is 10.6 Å². The number of anilines is 1. The van der Waals surface area contributed by atoms with Crippen LogP contribution in [0.25, 0.3) is 10.9 Å². The average molecular weight is 558 g/mol. The first kappa shape index (κ1) is 27.5. The normalized spacial score (nSPS) is 17.4. The van der Waals surface area contributed by atoms with Crippen molar-refractivity contribution in [3.05, 3.63) is 74.2 Å². The van der Waals surface area contributed by atoms with Crippen LogP contribution >= 0.6 is 0 Å². The highest BCUT2D eigenvalue weighted by Crippen LogP contribution is 2.30. The quantitative estimate of drug-likeness (QED) is 0.478. The molecule has 1 atom stereocenters. The monoisotopic (exact) mass is 557 g/mol. The van der Waals surface area contributed by atoms with Crippen molar-refractivity contribution >= 4 is 28.5 Å². The van der Waals surface area contributed by atoms with E-state index in [0.29, 0.717) is 32.0 Å². The van der Waals surface area contributed by atoms with Gasteiger partial charge in [0.25, 0.3) is 11.5 Å². The van der Waals surface area contributed by atoms with Crippen LogP contribution in [-0.4, -0.2) is 45.1 Å². The molecule has 2 aromatic carbocycles. The standard InChI is InChI=1S/C28H30F3N5O4/c1-15(2)36-24-12-22(31)23(11-20(24)26(38)35(28(36)40)13-16-5-6-16)33-27(39)34-9-3-4-18(14-34)32-25(37)19-8-7-17(29)10-21(19)30/h7-8,10-12,15-16,18H,3-6,9,13-14H2,1-2H3,(H,32,37)(H,33,39)/t18-/m1/s1. The molecule has 12 heteroatoms. The molecule has 2 N–H and O–H groups in total. The predicted molar refractivity (Wildman–Crippen MR) is 143 cm³/mol. The molecule has 0 bridgehead atoms. The minimum absolute atomic E-state index is 0.0800. The number of urea groups is 1. The van der Waals surface area contributed by atoms with Gasteiger partial charge in [-0.2, -0.15) is 0 Å². The van der Waals surface area contributed by atoms with Crippen LogP contribution in [0.4, 0.5) is 23.7 Å². The van der Waals surface area contributed by atoms with Crippen LogP contribution in [-0.2, 0) is 6.54 Å². The van der Waals surface area contributed by atoms with E-state index >= 15 is 4.39 Å². The second-order valence-corrected chi connectivity index (χ2v) is 10.8. The summed E-state index contributed by atoms with van der Waals surface area (Å²) in [7, 11) is 0. The zero-order valence-corrected chi connectivity index (χ0v) is 22.2. The lowest BCUT2D eigenvalue weighted by molar-refractivity contribution is 0.0908. The van der Waals surface area contributed by atoms with Gasteiger partial charge in [0.15, 0.2) is 0 Å². The van der Waals surface area contributed by atoms with Crippen LogP contribution in [0, 0.1) is 23.4 Å². The SMILES string of the molecule is CC(C)n1c(=O)n(CC2CC2)c(=O)c2cc(NC(=O)N3CCC[C@@H](NC(=O)c4ccc(F)cc4F)C3)c(F)cc21. The Morgan fingerprint density at radius 3 is 2.45 bits per heavy atom. The number of benzene rings is 2. The Bertz CT molecular complexity index is 1610. The van der Waals surface area contributed by atoms with Crippen molar-refractivity contribution in [2.75, 3.05) is 18.4 Å². The van der Waals surface area contributed by atoms with E-state index in [4.69, 9.17) is 0 Å². The molecule has 2 fully saturated rings. The zero-order chi connectivity index (χ0) is 28.7. The zero-order valence-electron chi connectivity index (χ0n) is 22.2. The smallest absolute Gasteiger partial charge is 0.331 e. The van der Waals surface area contributed by atoms with E-state index in [9.17, 15) is 28.0 Å². The number of hydrogen-bond acceptors (Lipinski definition) is 4. The average Bonchev–Trinajstić information content (AvgIpc) is 3.72. The first-order chi connectivity index (χ1) is 19.0. The number of amides is 3. The minimum atomic E-state index is -0.992. The summed E-state index contributed by atoms with van der Waals surface area (Å²) in [6.45, 7) is 4.25. The molecule has 0 radical (unpaired) electrons. The molecule has 9 nitrogen and oxygen atoms in total. The minimum Gasteiger partial charge on any atom is -0.347 e. The molecule has 1 aliphatic heterocycles. The Balaban J connectivity index is 1.36. The van der Waals surface area contributed by atoms with Crippen LogP contribution in [0.3, 0.4) is 0 Å². The second kappa shape index (κ2) is 10.8. The topological polar surface area (TPSA) is 105 Å². The first-order valence-corrected chi connectivity index (χ1v) is 13.3. The van der Waals surface area contributed by atoms with Gasteiger partial charge in [0, 0.05) is 43.9 Å². The van der Waals surface area contributed by atoms with Gasteiger partial charge in [-0.15, -0.1) is 0 Å². The molecule has 1 aliphatic carbocycles. The number of nitrogens with zero attached hydrogens (tertiary/aromatic N) is 3. The highest BCUT2D eigenvalue weighted by atomic mass is 19.1. The first-order valence-electron chi connectivity index (χ1n) is 13.3. The van der Waals surface area contributed by atoms with E-state index in [0.717, 1.165) is 31.0 Å². The molecule has 0 unspecified atom stereocenters. The maximum absolute atomic E-state index is 15.2. The molecule has 1 saturated carbocycles. The molecule has 2 heterocycles. The summed E-state index contributed by atoms with van der Waals surface area (Å²) >= 11 is 0. The van der Waals surface area contributed by atoms with Gasteiger partial charge in [-0.1, -0.05) is 0 Å². The Labute approximate surface area is 227 Å². The number of nitrogens with one attached hydrogen (secondary N) is 2. The molecule has 5 rings (SSSR count). The van der Waals surface area contributed by atoms with Crippen LogP contribution in [0.1, 0.15) is 55.9 Å². The van der Waals surface area contributed by atoms with Gasteiger partial charge in [0.05, 0.1) is 22.2 Å². The predicted octanol–water partition coefficient (Wildman–Crippen LogP) is 4.00. The van der Waals surface area contributed by atoms with E-state index in [1.54, 1.807) is 13.8 Å². The number of aromatic nitrogens is 2. The highest BCUT2D eigenvalue weighted by Gasteiger charge is 2.28. The van der Waals surface area contributed by atoms with Gasteiger partial charge in [-0.05, 0) is 63.6 Å². The maximum Gasteiger partial charge on any atom is 0.331 e. The van der Waals surface area contributed by atoms with Crippen molar-refractivity contribution in [1.82, 2.24) is 19.4 Å². The fraction of sp³-hybridized carbons (Fsp3) is 0.429. The molecule has 1 saturated heterocycles. The molecule has 2 aliphatic rings. The molecule has 3 amide bonds. The van der Waals surface area contributed by atoms with Crippen molar-refractivity contribution in [3.8, 4) is 0 Å². The number of likely N-dealkylation sites (tertiary alicyclic amines) is 1.